The first-order chi connectivity index (χ1) is 9.09. The van der Waals surface area contributed by atoms with Gasteiger partial charge in [-0.05, 0) is 61.3 Å². The van der Waals surface area contributed by atoms with Crippen molar-refractivity contribution in [2.45, 2.75) is 56.7 Å². The summed E-state index contributed by atoms with van der Waals surface area (Å²) in [6, 6.07) is 11.5. The lowest BCUT2D eigenvalue weighted by Crippen LogP contribution is -2.59. The minimum atomic E-state index is -1.33. The van der Waals surface area contributed by atoms with Crippen molar-refractivity contribution in [3.05, 3.63) is 30.3 Å². The fraction of sp³-hybridized carbons (Fsp3) is 0.667. The topological polar surface area (TPSA) is 0 Å². The highest BCUT2D eigenvalue weighted by atomic mass is 28.3. The van der Waals surface area contributed by atoms with Crippen molar-refractivity contribution in [1.29, 1.82) is 0 Å². The van der Waals surface area contributed by atoms with E-state index >= 15 is 0 Å². The maximum Gasteiger partial charge on any atom is 0.0867 e. The van der Waals surface area contributed by atoms with Crippen LogP contribution in [0.2, 0.25) is 18.1 Å². The van der Waals surface area contributed by atoms with Crippen LogP contribution in [0.1, 0.15) is 38.5 Å². The quantitative estimate of drug-likeness (QED) is 0.690. The second-order valence-corrected chi connectivity index (χ2v) is 13.1. The molecular formula is C18H26Si. The van der Waals surface area contributed by atoms with Crippen LogP contribution in [0.3, 0.4) is 0 Å². The Balaban J connectivity index is 1.75. The summed E-state index contributed by atoms with van der Waals surface area (Å²) in [5.74, 6) is 3.25. The highest BCUT2D eigenvalue weighted by Gasteiger charge is 2.58. The molecule has 0 N–H and O–H groups in total. The van der Waals surface area contributed by atoms with Crippen LogP contribution in [0.15, 0.2) is 30.3 Å². The van der Waals surface area contributed by atoms with E-state index < -0.39 is 8.07 Å². The summed E-state index contributed by atoms with van der Waals surface area (Å²) in [4.78, 5) is 0. The van der Waals surface area contributed by atoms with Crippen molar-refractivity contribution in [3.8, 4) is 0 Å². The van der Waals surface area contributed by atoms with Crippen molar-refractivity contribution in [2.24, 2.45) is 17.8 Å². The summed E-state index contributed by atoms with van der Waals surface area (Å²) in [5.41, 5.74) is 0. The molecule has 0 aliphatic heterocycles. The van der Waals surface area contributed by atoms with Gasteiger partial charge in [-0.2, -0.15) is 0 Å². The molecular weight excluding hydrogens is 244 g/mol. The zero-order valence-electron chi connectivity index (χ0n) is 12.4. The van der Waals surface area contributed by atoms with Gasteiger partial charge >= 0.3 is 0 Å². The lowest BCUT2D eigenvalue weighted by molar-refractivity contribution is 0.0257. The fourth-order valence-corrected chi connectivity index (χ4v) is 10.1. The maximum absolute atomic E-state index is 2.66. The molecule has 1 aromatic rings. The van der Waals surface area contributed by atoms with Gasteiger partial charge in [-0.1, -0.05) is 48.6 Å². The SMILES string of the molecule is C[Si](C)(c1ccccc1)C12CC3CC(CC(C3)C1)C2. The van der Waals surface area contributed by atoms with E-state index in [-0.39, 0.29) is 0 Å². The van der Waals surface area contributed by atoms with Gasteiger partial charge in [0.1, 0.15) is 0 Å². The predicted molar refractivity (Wildman–Crippen MR) is 84.4 cm³/mol. The molecule has 0 saturated heterocycles. The molecule has 19 heavy (non-hydrogen) atoms. The Morgan fingerprint density at radius 2 is 1.32 bits per heavy atom. The van der Waals surface area contributed by atoms with Crippen LogP contribution >= 0.6 is 0 Å². The van der Waals surface area contributed by atoms with Crippen molar-refractivity contribution in [2.75, 3.05) is 0 Å². The fourth-order valence-electron chi connectivity index (χ4n) is 6.04. The minimum Gasteiger partial charge on any atom is -0.0650 e. The van der Waals surface area contributed by atoms with Crippen molar-refractivity contribution in [1.82, 2.24) is 0 Å². The summed E-state index contributed by atoms with van der Waals surface area (Å²) in [5, 5.41) is 2.44. The predicted octanol–water partition coefficient (Wildman–Crippen LogP) is 4.57. The summed E-state index contributed by atoms with van der Waals surface area (Å²) in [6.07, 6.45) is 9.39. The van der Waals surface area contributed by atoms with Gasteiger partial charge in [-0.3, -0.25) is 0 Å². The number of hydrogen-bond donors (Lipinski definition) is 0. The standard InChI is InChI=1S/C18H26Si/c1-19(2,17-6-4-3-5-7-17)18-11-14-8-15(12-18)10-16(9-14)13-18/h3-7,14-16H,8-13H2,1-2H3. The highest BCUT2D eigenvalue weighted by Crippen LogP contribution is 2.67. The molecule has 0 spiro atoms. The van der Waals surface area contributed by atoms with Crippen molar-refractivity contribution < 1.29 is 0 Å². The van der Waals surface area contributed by atoms with Gasteiger partial charge in [-0.25, -0.2) is 0 Å². The van der Waals surface area contributed by atoms with Crippen molar-refractivity contribution >= 4 is 13.3 Å². The Morgan fingerprint density at radius 3 is 1.79 bits per heavy atom. The van der Waals surface area contributed by atoms with Gasteiger partial charge in [-0.15, -0.1) is 0 Å². The lowest BCUT2D eigenvalue weighted by Gasteiger charge is -2.62. The molecule has 102 valence electrons. The van der Waals surface area contributed by atoms with E-state index in [1.165, 1.54) is 0 Å². The molecule has 4 fully saturated rings. The smallest absolute Gasteiger partial charge is 0.0650 e. The van der Waals surface area contributed by atoms with Crippen LogP contribution in [-0.2, 0) is 0 Å². The molecule has 0 nitrogen and oxygen atoms in total. The molecule has 4 aliphatic carbocycles. The summed E-state index contributed by atoms with van der Waals surface area (Å²) >= 11 is 0. The van der Waals surface area contributed by atoms with Gasteiger partial charge in [0.25, 0.3) is 0 Å². The first-order valence-electron chi connectivity index (χ1n) is 8.15. The Bertz CT molecular complexity index is 438. The van der Waals surface area contributed by atoms with Gasteiger partial charge in [0.2, 0.25) is 0 Å². The van der Waals surface area contributed by atoms with E-state index in [1.54, 1.807) is 43.7 Å². The van der Waals surface area contributed by atoms with E-state index in [2.05, 4.69) is 43.4 Å². The third-order valence-corrected chi connectivity index (χ3v) is 11.9. The average Bonchev–Trinajstić information content (AvgIpc) is 2.38. The first kappa shape index (κ1) is 12.2. The Morgan fingerprint density at radius 1 is 0.842 bits per heavy atom. The van der Waals surface area contributed by atoms with E-state index in [4.69, 9.17) is 0 Å². The first-order valence-corrected chi connectivity index (χ1v) is 11.1. The molecule has 0 radical (unpaired) electrons. The van der Waals surface area contributed by atoms with E-state index in [0.29, 0.717) is 0 Å². The van der Waals surface area contributed by atoms with Crippen LogP contribution in [-0.4, -0.2) is 8.07 Å². The molecule has 0 unspecified atom stereocenters. The van der Waals surface area contributed by atoms with Gasteiger partial charge in [0.15, 0.2) is 0 Å². The summed E-state index contributed by atoms with van der Waals surface area (Å²) < 4.78 is 0. The third kappa shape index (κ3) is 1.70. The number of hydrogen-bond acceptors (Lipinski definition) is 0. The normalized spacial score (nSPS) is 40.6. The number of rotatable bonds is 2. The molecule has 4 bridgehead atoms. The van der Waals surface area contributed by atoms with E-state index in [0.717, 1.165) is 22.8 Å². The molecule has 0 heterocycles. The second kappa shape index (κ2) is 3.97. The number of benzene rings is 1. The van der Waals surface area contributed by atoms with Crippen LogP contribution < -0.4 is 5.19 Å². The minimum absolute atomic E-state index is 0.739. The Kier molecular flexibility index (Phi) is 2.55. The van der Waals surface area contributed by atoms with E-state index in [1.807, 2.05) is 0 Å². The molecule has 1 heteroatoms. The van der Waals surface area contributed by atoms with Gasteiger partial charge in [0.05, 0.1) is 8.07 Å². The molecule has 0 aromatic heterocycles. The van der Waals surface area contributed by atoms with Crippen LogP contribution in [0.5, 0.6) is 0 Å². The molecule has 4 saturated carbocycles. The monoisotopic (exact) mass is 270 g/mol. The van der Waals surface area contributed by atoms with E-state index in [9.17, 15) is 0 Å². The van der Waals surface area contributed by atoms with Crippen molar-refractivity contribution in [3.63, 3.8) is 0 Å². The molecule has 4 aliphatic rings. The summed E-state index contributed by atoms with van der Waals surface area (Å²) in [6.45, 7) is 5.32. The third-order valence-electron chi connectivity index (χ3n) is 6.86. The lowest BCUT2D eigenvalue weighted by atomic mass is 9.56. The van der Waals surface area contributed by atoms with Gasteiger partial charge in [0, 0.05) is 0 Å². The maximum atomic E-state index is 2.66. The van der Waals surface area contributed by atoms with Crippen LogP contribution in [0.4, 0.5) is 0 Å². The Labute approximate surface area is 118 Å². The van der Waals surface area contributed by atoms with Crippen LogP contribution in [0.25, 0.3) is 0 Å². The van der Waals surface area contributed by atoms with Gasteiger partial charge < -0.3 is 0 Å². The second-order valence-electron chi connectivity index (χ2n) is 8.19. The zero-order valence-corrected chi connectivity index (χ0v) is 13.4. The average molecular weight is 270 g/mol. The molecule has 0 atom stereocenters. The molecule has 5 rings (SSSR count). The Hall–Kier alpha value is -0.563. The largest absolute Gasteiger partial charge is 0.0867 e. The summed E-state index contributed by atoms with van der Waals surface area (Å²) in [7, 11) is -1.33. The van der Waals surface area contributed by atoms with Crippen LogP contribution in [0, 0.1) is 17.8 Å². The highest BCUT2D eigenvalue weighted by molar-refractivity contribution is 6.92. The molecule has 0 amide bonds. The zero-order chi connectivity index (χ0) is 13.1. The molecule has 1 aromatic carbocycles.